The zero-order valence-corrected chi connectivity index (χ0v) is 14.9. The first-order chi connectivity index (χ1) is 11.2. The fourth-order valence-corrected chi connectivity index (χ4v) is 3.63. The number of halogens is 1. The maximum absolute atomic E-state index is 10.6. The Morgan fingerprint density at radius 1 is 1.04 bits per heavy atom. The Morgan fingerprint density at radius 3 is 2.04 bits per heavy atom. The maximum Gasteiger partial charge on any atom is 0.136 e. The lowest BCUT2D eigenvalue weighted by atomic mass is 10.1. The van der Waals surface area contributed by atoms with Crippen molar-refractivity contribution in [1.29, 1.82) is 0 Å². The van der Waals surface area contributed by atoms with E-state index in [0.717, 1.165) is 37.5 Å². The molecule has 128 valence electrons. The van der Waals surface area contributed by atoms with Crippen molar-refractivity contribution in [3.8, 4) is 11.5 Å². The SMILES string of the molecule is COc1cc(Br)c(O)c(C(N2CCOCC2)N2CCOCC2)c1. The second-order valence-corrected chi connectivity index (χ2v) is 6.57. The zero-order valence-electron chi connectivity index (χ0n) is 13.3. The molecule has 0 aromatic heterocycles. The van der Waals surface area contributed by atoms with Crippen molar-refractivity contribution in [3.05, 3.63) is 22.2 Å². The molecule has 2 aliphatic heterocycles. The number of benzene rings is 1. The van der Waals surface area contributed by atoms with Gasteiger partial charge in [-0.1, -0.05) is 0 Å². The highest BCUT2D eigenvalue weighted by Gasteiger charge is 2.32. The van der Waals surface area contributed by atoms with E-state index >= 15 is 0 Å². The quantitative estimate of drug-likeness (QED) is 0.851. The van der Waals surface area contributed by atoms with E-state index in [9.17, 15) is 5.11 Å². The van der Waals surface area contributed by atoms with Crippen LogP contribution in [-0.2, 0) is 9.47 Å². The molecule has 0 aliphatic carbocycles. The van der Waals surface area contributed by atoms with Crippen LogP contribution in [0.25, 0.3) is 0 Å². The van der Waals surface area contributed by atoms with E-state index < -0.39 is 0 Å². The van der Waals surface area contributed by atoms with Crippen LogP contribution in [0.5, 0.6) is 11.5 Å². The van der Waals surface area contributed by atoms with E-state index in [1.807, 2.05) is 6.07 Å². The van der Waals surface area contributed by atoms with Gasteiger partial charge in [0.15, 0.2) is 0 Å². The van der Waals surface area contributed by atoms with Crippen molar-refractivity contribution >= 4 is 15.9 Å². The van der Waals surface area contributed by atoms with Crippen LogP contribution in [0.15, 0.2) is 16.6 Å². The third kappa shape index (κ3) is 3.80. The lowest BCUT2D eigenvalue weighted by Crippen LogP contribution is -2.50. The first-order valence-corrected chi connectivity index (χ1v) is 8.70. The van der Waals surface area contributed by atoms with E-state index in [1.54, 1.807) is 13.2 Å². The summed E-state index contributed by atoms with van der Waals surface area (Å²) in [4.78, 5) is 4.71. The van der Waals surface area contributed by atoms with Crippen molar-refractivity contribution in [2.24, 2.45) is 0 Å². The molecule has 6 nitrogen and oxygen atoms in total. The molecule has 2 fully saturated rings. The molecule has 0 atom stereocenters. The second-order valence-electron chi connectivity index (χ2n) is 5.72. The van der Waals surface area contributed by atoms with Crippen LogP contribution in [0.3, 0.4) is 0 Å². The highest BCUT2D eigenvalue weighted by atomic mass is 79.9. The Labute approximate surface area is 145 Å². The van der Waals surface area contributed by atoms with E-state index in [1.165, 1.54) is 0 Å². The number of ether oxygens (including phenoxy) is 3. The molecule has 0 unspecified atom stereocenters. The number of phenolic OH excluding ortho intramolecular Hbond substituents is 1. The van der Waals surface area contributed by atoms with Crippen molar-refractivity contribution in [1.82, 2.24) is 9.80 Å². The van der Waals surface area contributed by atoms with Crippen molar-refractivity contribution < 1.29 is 19.3 Å². The minimum atomic E-state index is -0.00537. The zero-order chi connectivity index (χ0) is 16.2. The molecule has 0 saturated carbocycles. The van der Waals surface area contributed by atoms with Crippen LogP contribution < -0.4 is 4.74 Å². The van der Waals surface area contributed by atoms with E-state index in [-0.39, 0.29) is 11.9 Å². The molecule has 0 amide bonds. The molecule has 1 aromatic rings. The molecule has 2 aliphatic rings. The van der Waals surface area contributed by atoms with Crippen LogP contribution in [-0.4, -0.2) is 74.6 Å². The summed E-state index contributed by atoms with van der Waals surface area (Å²) >= 11 is 3.44. The van der Waals surface area contributed by atoms with Gasteiger partial charge in [0, 0.05) is 31.7 Å². The van der Waals surface area contributed by atoms with E-state index in [4.69, 9.17) is 14.2 Å². The van der Waals surface area contributed by atoms with E-state index in [2.05, 4.69) is 25.7 Å². The lowest BCUT2D eigenvalue weighted by Gasteiger charge is -2.43. The van der Waals surface area contributed by atoms with Crippen LogP contribution in [0, 0.1) is 0 Å². The van der Waals surface area contributed by atoms with Gasteiger partial charge in [-0.05, 0) is 28.1 Å². The molecule has 7 heteroatoms. The molecule has 0 radical (unpaired) electrons. The minimum absolute atomic E-state index is 0.00537. The van der Waals surface area contributed by atoms with Gasteiger partial charge in [0.2, 0.25) is 0 Å². The second kappa shape index (κ2) is 7.81. The van der Waals surface area contributed by atoms with Gasteiger partial charge in [0.05, 0.1) is 44.2 Å². The Kier molecular flexibility index (Phi) is 5.76. The molecule has 3 rings (SSSR count). The maximum atomic E-state index is 10.6. The summed E-state index contributed by atoms with van der Waals surface area (Å²) in [6.45, 7) is 6.23. The summed E-state index contributed by atoms with van der Waals surface area (Å²) < 4.78 is 17.0. The first-order valence-electron chi connectivity index (χ1n) is 7.90. The number of methoxy groups -OCH3 is 1. The Balaban J connectivity index is 1.98. The lowest BCUT2D eigenvalue weighted by molar-refractivity contribution is -0.0683. The van der Waals surface area contributed by atoms with Gasteiger partial charge in [-0.15, -0.1) is 0 Å². The highest BCUT2D eigenvalue weighted by Crippen LogP contribution is 2.40. The number of nitrogens with zero attached hydrogens (tertiary/aromatic N) is 2. The highest BCUT2D eigenvalue weighted by molar-refractivity contribution is 9.10. The average Bonchev–Trinajstić information content (AvgIpc) is 2.60. The fourth-order valence-electron chi connectivity index (χ4n) is 3.18. The van der Waals surface area contributed by atoms with Gasteiger partial charge >= 0.3 is 0 Å². The number of morpholine rings is 2. The number of hydrogen-bond donors (Lipinski definition) is 1. The Hall–Kier alpha value is -0.860. The number of hydrogen-bond acceptors (Lipinski definition) is 6. The third-order valence-corrected chi connectivity index (χ3v) is 4.97. The number of rotatable bonds is 4. The third-order valence-electron chi connectivity index (χ3n) is 4.36. The molecule has 23 heavy (non-hydrogen) atoms. The van der Waals surface area contributed by atoms with Crippen LogP contribution >= 0.6 is 15.9 Å². The molecule has 1 aromatic carbocycles. The monoisotopic (exact) mass is 386 g/mol. The fraction of sp³-hybridized carbons (Fsp3) is 0.625. The molecule has 1 N–H and O–H groups in total. The normalized spacial score (nSPS) is 20.8. The van der Waals surface area contributed by atoms with Crippen molar-refractivity contribution in [2.75, 3.05) is 59.7 Å². The van der Waals surface area contributed by atoms with Gasteiger partial charge in [-0.3, -0.25) is 9.80 Å². The molecular formula is C16H23BrN2O4. The topological polar surface area (TPSA) is 54.4 Å². The predicted octanol–water partition coefficient (Wildman–Crippen LogP) is 1.83. The number of aromatic hydroxyl groups is 1. The Morgan fingerprint density at radius 2 is 1.57 bits per heavy atom. The summed E-state index contributed by atoms with van der Waals surface area (Å²) in [6.07, 6.45) is -0.00537. The van der Waals surface area contributed by atoms with E-state index in [0.29, 0.717) is 30.9 Å². The number of phenols is 1. The molecule has 2 heterocycles. The summed E-state index contributed by atoms with van der Waals surface area (Å²) in [5, 5.41) is 10.6. The summed E-state index contributed by atoms with van der Waals surface area (Å²) in [7, 11) is 1.64. The Bertz CT molecular complexity index is 513. The predicted molar refractivity (Wildman–Crippen MR) is 89.9 cm³/mol. The summed E-state index contributed by atoms with van der Waals surface area (Å²) in [5.74, 6) is 1.00. The summed E-state index contributed by atoms with van der Waals surface area (Å²) in [6, 6.07) is 3.71. The van der Waals surface area contributed by atoms with Gasteiger partial charge in [-0.25, -0.2) is 0 Å². The minimum Gasteiger partial charge on any atom is -0.506 e. The molecule has 0 spiro atoms. The van der Waals surface area contributed by atoms with Crippen LogP contribution in [0.4, 0.5) is 0 Å². The smallest absolute Gasteiger partial charge is 0.136 e. The molecule has 2 saturated heterocycles. The van der Waals surface area contributed by atoms with Crippen LogP contribution in [0.1, 0.15) is 11.7 Å². The largest absolute Gasteiger partial charge is 0.506 e. The average molecular weight is 387 g/mol. The van der Waals surface area contributed by atoms with Crippen LogP contribution in [0.2, 0.25) is 0 Å². The summed E-state index contributed by atoms with van der Waals surface area (Å²) in [5.41, 5.74) is 0.861. The van der Waals surface area contributed by atoms with Gasteiger partial charge in [0.25, 0.3) is 0 Å². The van der Waals surface area contributed by atoms with Crippen molar-refractivity contribution in [3.63, 3.8) is 0 Å². The molecule has 0 bridgehead atoms. The van der Waals surface area contributed by atoms with Gasteiger partial charge < -0.3 is 19.3 Å². The first kappa shape index (κ1) is 17.0. The standard InChI is InChI=1S/C16H23BrN2O4/c1-21-12-10-13(15(20)14(17)11-12)16(18-2-6-22-7-3-18)19-4-8-23-9-5-19/h10-11,16,20H,2-9H2,1H3. The van der Waals surface area contributed by atoms with Crippen molar-refractivity contribution in [2.45, 2.75) is 6.17 Å². The molecular weight excluding hydrogens is 364 g/mol. The van der Waals surface area contributed by atoms with Gasteiger partial charge in [-0.2, -0.15) is 0 Å². The van der Waals surface area contributed by atoms with Gasteiger partial charge in [0.1, 0.15) is 11.5 Å².